The van der Waals surface area contributed by atoms with Gasteiger partial charge in [0.2, 0.25) is 0 Å². The van der Waals surface area contributed by atoms with Gasteiger partial charge in [0.1, 0.15) is 5.82 Å². The zero-order valence-electron chi connectivity index (χ0n) is 5.44. The predicted molar refractivity (Wildman–Crippen MR) is 36.2 cm³/mol. The Labute approximate surface area is 54.5 Å². The fourth-order valence-corrected chi connectivity index (χ4v) is 0.569. The molecule has 0 fully saturated rings. The average Bonchev–Trinajstić information content (AvgIpc) is 2.34. The van der Waals surface area contributed by atoms with Gasteiger partial charge in [-0.05, 0) is 6.42 Å². The minimum Gasteiger partial charge on any atom is -0.369 e. The molecule has 0 bridgehead atoms. The summed E-state index contributed by atoms with van der Waals surface area (Å²) in [4.78, 5) is 6.60. The molecule has 49 valence electrons. The van der Waals surface area contributed by atoms with Crippen LogP contribution < -0.4 is 5.32 Å². The monoisotopic (exact) mass is 124 g/mol. The first-order valence-corrected chi connectivity index (χ1v) is 3.09. The molecule has 0 aliphatic heterocycles. The molecule has 0 atom stereocenters. The largest absolute Gasteiger partial charge is 0.369 e. The molecule has 9 heavy (non-hydrogen) atoms. The second-order valence-electron chi connectivity index (χ2n) is 1.82. The second kappa shape index (κ2) is 3.12. The van der Waals surface area contributed by atoms with E-state index in [1.165, 1.54) is 0 Å². The van der Waals surface area contributed by atoms with Gasteiger partial charge >= 0.3 is 0 Å². The van der Waals surface area contributed by atoms with Gasteiger partial charge in [0.05, 0.1) is 0 Å². The van der Waals surface area contributed by atoms with Gasteiger partial charge in [0.25, 0.3) is 0 Å². The maximum atomic E-state index is 3.86. The molecule has 0 amide bonds. The van der Waals surface area contributed by atoms with E-state index >= 15 is 0 Å². The van der Waals surface area contributed by atoms with Crippen LogP contribution >= 0.6 is 0 Å². The molecule has 0 spiro atoms. The summed E-state index contributed by atoms with van der Waals surface area (Å²) in [6.45, 7) is 3.09. The van der Waals surface area contributed by atoms with Crippen molar-refractivity contribution in [2.45, 2.75) is 13.3 Å². The molecule has 2 N–H and O–H groups in total. The summed E-state index contributed by atoms with van der Waals surface area (Å²) in [5, 5.41) is 3.10. The molecule has 0 saturated heterocycles. The third kappa shape index (κ3) is 1.76. The van der Waals surface area contributed by atoms with Gasteiger partial charge in [0, 0.05) is 12.7 Å². The number of anilines is 1. The topological polar surface area (TPSA) is 40.7 Å². The van der Waals surface area contributed by atoms with Crippen LogP contribution in [0.4, 0.5) is 5.82 Å². The first kappa shape index (κ1) is 6.13. The van der Waals surface area contributed by atoms with Gasteiger partial charge < -0.3 is 10.3 Å². The number of nitrogens with one attached hydrogen (secondary N) is 2. The molecule has 0 unspecified atom stereocenters. The maximum absolute atomic E-state index is 3.86. The van der Waals surface area contributed by atoms with Gasteiger partial charge in [0.15, 0.2) is 6.33 Å². The lowest BCUT2D eigenvalue weighted by Gasteiger charge is -1.95. The zero-order valence-corrected chi connectivity index (χ0v) is 5.44. The molecular weight excluding hydrogens is 114 g/mol. The van der Waals surface area contributed by atoms with Crippen molar-refractivity contribution < 1.29 is 0 Å². The van der Waals surface area contributed by atoms with Crippen molar-refractivity contribution in [2.24, 2.45) is 0 Å². The van der Waals surface area contributed by atoms with Gasteiger partial charge in [-0.25, -0.2) is 4.98 Å². The van der Waals surface area contributed by atoms with E-state index in [2.05, 4.69) is 28.5 Å². The molecular formula is C6H10N3. The van der Waals surface area contributed by atoms with Crippen molar-refractivity contribution >= 4 is 5.82 Å². The third-order valence-corrected chi connectivity index (χ3v) is 1.01. The average molecular weight is 124 g/mol. The number of aromatic nitrogens is 2. The highest BCUT2D eigenvalue weighted by Gasteiger charge is 1.87. The number of hydrogen-bond acceptors (Lipinski definition) is 2. The van der Waals surface area contributed by atoms with Crippen molar-refractivity contribution in [1.82, 2.24) is 9.97 Å². The lowest BCUT2D eigenvalue weighted by molar-refractivity contribution is 0.972. The van der Waals surface area contributed by atoms with Crippen LogP contribution in [0.25, 0.3) is 0 Å². The molecule has 1 aromatic heterocycles. The summed E-state index contributed by atoms with van der Waals surface area (Å²) < 4.78 is 0. The van der Waals surface area contributed by atoms with Crippen LogP contribution in [-0.4, -0.2) is 16.5 Å². The third-order valence-electron chi connectivity index (χ3n) is 1.01. The van der Waals surface area contributed by atoms with Crippen LogP contribution in [0.1, 0.15) is 13.3 Å². The second-order valence-corrected chi connectivity index (χ2v) is 1.82. The maximum Gasteiger partial charge on any atom is 0.175 e. The number of rotatable bonds is 3. The Balaban J connectivity index is 2.30. The van der Waals surface area contributed by atoms with E-state index in [1.54, 1.807) is 6.20 Å². The summed E-state index contributed by atoms with van der Waals surface area (Å²) in [6.07, 6.45) is 5.51. The standard InChI is InChI=1S/C6H10N3/c1-2-3-8-6-4-7-5-9-6/h4,8H,2-3H2,1H3,(H,7,9). The summed E-state index contributed by atoms with van der Waals surface area (Å²) in [5.74, 6) is 0.872. The van der Waals surface area contributed by atoms with Crippen molar-refractivity contribution in [3.8, 4) is 0 Å². The fourth-order valence-electron chi connectivity index (χ4n) is 0.569. The lowest BCUT2D eigenvalue weighted by atomic mass is 10.5. The van der Waals surface area contributed by atoms with Gasteiger partial charge in [-0.3, -0.25) is 0 Å². The Hall–Kier alpha value is -0.990. The molecule has 1 rings (SSSR count). The van der Waals surface area contributed by atoms with E-state index in [9.17, 15) is 0 Å². The number of hydrogen-bond donors (Lipinski definition) is 2. The van der Waals surface area contributed by atoms with E-state index in [1.807, 2.05) is 0 Å². The van der Waals surface area contributed by atoms with Crippen LogP contribution in [0.15, 0.2) is 6.20 Å². The zero-order chi connectivity index (χ0) is 6.53. The van der Waals surface area contributed by atoms with Gasteiger partial charge in [-0.1, -0.05) is 6.92 Å². The molecule has 1 heterocycles. The van der Waals surface area contributed by atoms with E-state index in [0.717, 1.165) is 18.8 Å². The number of aromatic amines is 1. The van der Waals surface area contributed by atoms with E-state index < -0.39 is 0 Å². The Bertz CT molecular complexity index is 145. The molecule has 0 aliphatic carbocycles. The number of imidazole rings is 1. The Morgan fingerprint density at radius 2 is 2.78 bits per heavy atom. The summed E-state index contributed by atoms with van der Waals surface area (Å²) in [5.41, 5.74) is 0. The Kier molecular flexibility index (Phi) is 2.13. The van der Waals surface area contributed by atoms with Crippen molar-refractivity contribution in [3.63, 3.8) is 0 Å². The smallest absolute Gasteiger partial charge is 0.175 e. The van der Waals surface area contributed by atoms with E-state index in [-0.39, 0.29) is 0 Å². The summed E-state index contributed by atoms with van der Waals surface area (Å²) >= 11 is 0. The predicted octanol–water partition coefficient (Wildman–Crippen LogP) is 1.03. The molecule has 3 nitrogen and oxygen atoms in total. The SMILES string of the molecule is CCCNc1c[nH][c]n1. The highest BCUT2D eigenvalue weighted by molar-refractivity contribution is 5.29. The molecule has 0 aromatic carbocycles. The molecule has 0 saturated carbocycles. The van der Waals surface area contributed by atoms with E-state index in [4.69, 9.17) is 0 Å². The first-order valence-electron chi connectivity index (χ1n) is 3.09. The van der Waals surface area contributed by atoms with Crippen LogP contribution in [0, 0.1) is 6.33 Å². The minimum atomic E-state index is 0.872. The van der Waals surface area contributed by atoms with Gasteiger partial charge in [-0.2, -0.15) is 0 Å². The summed E-state index contributed by atoms with van der Waals surface area (Å²) in [7, 11) is 0. The normalized spacial score (nSPS) is 9.44. The van der Waals surface area contributed by atoms with Crippen LogP contribution in [0.3, 0.4) is 0 Å². The molecule has 1 aromatic rings. The quantitative estimate of drug-likeness (QED) is 0.631. The highest BCUT2D eigenvalue weighted by atomic mass is 15.0. The number of H-pyrrole nitrogens is 1. The lowest BCUT2D eigenvalue weighted by Crippen LogP contribution is -1.98. The van der Waals surface area contributed by atoms with Crippen LogP contribution in [0.5, 0.6) is 0 Å². The van der Waals surface area contributed by atoms with Crippen molar-refractivity contribution in [3.05, 3.63) is 12.5 Å². The Morgan fingerprint density at radius 3 is 3.33 bits per heavy atom. The van der Waals surface area contributed by atoms with Crippen LogP contribution in [0.2, 0.25) is 0 Å². The Morgan fingerprint density at radius 1 is 1.89 bits per heavy atom. The molecule has 1 radical (unpaired) electrons. The van der Waals surface area contributed by atoms with Crippen molar-refractivity contribution in [2.75, 3.05) is 11.9 Å². The highest BCUT2D eigenvalue weighted by Crippen LogP contribution is 1.95. The van der Waals surface area contributed by atoms with Crippen molar-refractivity contribution in [1.29, 1.82) is 0 Å². The van der Waals surface area contributed by atoms with E-state index in [0.29, 0.717) is 0 Å². The fraction of sp³-hybridized carbons (Fsp3) is 0.500. The molecule has 3 heteroatoms. The minimum absolute atomic E-state index is 0.872. The van der Waals surface area contributed by atoms with Gasteiger partial charge in [-0.15, -0.1) is 0 Å². The molecule has 0 aliphatic rings. The first-order chi connectivity index (χ1) is 4.43. The van der Waals surface area contributed by atoms with Crippen LogP contribution in [-0.2, 0) is 0 Å². The number of nitrogens with zero attached hydrogens (tertiary/aromatic N) is 1. The summed E-state index contributed by atoms with van der Waals surface area (Å²) in [6, 6.07) is 0.